The molecule has 0 atom stereocenters. The Balaban J connectivity index is 1.57. The number of Topliss-reactive ketones (excluding diaryl/α,β-unsaturated/α-hetero) is 1. The van der Waals surface area contributed by atoms with Crippen LogP contribution in [0.25, 0.3) is 6.08 Å². The van der Waals surface area contributed by atoms with E-state index in [1.54, 1.807) is 24.3 Å². The fraction of sp³-hybridized carbons (Fsp3) is 0.192. The molecule has 0 fully saturated rings. The molecule has 0 unspecified atom stereocenters. The van der Waals surface area contributed by atoms with Gasteiger partial charge in [0, 0.05) is 11.1 Å². The highest BCUT2D eigenvalue weighted by atomic mass is 19.4. The first kappa shape index (κ1) is 24.4. The summed E-state index contributed by atoms with van der Waals surface area (Å²) in [7, 11) is 0. The molecule has 0 bridgehead atoms. The Morgan fingerprint density at radius 3 is 2.06 bits per heavy atom. The number of aryl methyl sites for hydroxylation is 1. The maximum Gasteiger partial charge on any atom is 0.416 e. The van der Waals surface area contributed by atoms with E-state index in [4.69, 9.17) is 4.74 Å². The number of halogens is 6. The van der Waals surface area contributed by atoms with Crippen molar-refractivity contribution in [1.82, 2.24) is 0 Å². The minimum Gasteiger partial charge on any atom is -0.508 e. The molecule has 0 saturated carbocycles. The predicted molar refractivity (Wildman–Crippen MR) is 116 cm³/mol. The summed E-state index contributed by atoms with van der Waals surface area (Å²) in [5.41, 5.74) is -1.26. The number of alkyl halides is 6. The van der Waals surface area contributed by atoms with Gasteiger partial charge in [-0.25, -0.2) is 0 Å². The second kappa shape index (κ2) is 9.13. The van der Waals surface area contributed by atoms with Crippen molar-refractivity contribution < 1.29 is 41.0 Å². The standard InChI is InChI=1S/C26H18F6O3/c27-25(28,29)19-10-16(11-20(13-19)26(30,31)32)9-18-4-3-17-12-22(7-8-23(17)24(18)34)35-14-15-1-5-21(33)6-2-15/h1-2,5-13,33H,3-4,14H2/b18-9+. The summed E-state index contributed by atoms with van der Waals surface area (Å²) >= 11 is 0. The Kier molecular flexibility index (Phi) is 6.36. The summed E-state index contributed by atoms with van der Waals surface area (Å²) < 4.78 is 84.5. The predicted octanol–water partition coefficient (Wildman–Crippen LogP) is 7.22. The monoisotopic (exact) mass is 492 g/mol. The number of rotatable bonds is 4. The zero-order chi connectivity index (χ0) is 25.4. The van der Waals surface area contributed by atoms with E-state index in [1.807, 2.05) is 0 Å². The third-order valence-corrected chi connectivity index (χ3v) is 5.57. The molecule has 1 aliphatic rings. The number of carbonyl (C=O) groups is 1. The van der Waals surface area contributed by atoms with Gasteiger partial charge in [-0.15, -0.1) is 0 Å². The van der Waals surface area contributed by atoms with E-state index in [-0.39, 0.29) is 36.0 Å². The molecule has 9 heteroatoms. The van der Waals surface area contributed by atoms with Crippen LogP contribution in [0.3, 0.4) is 0 Å². The molecule has 182 valence electrons. The third-order valence-electron chi connectivity index (χ3n) is 5.57. The van der Waals surface area contributed by atoms with Crippen molar-refractivity contribution in [2.24, 2.45) is 0 Å². The van der Waals surface area contributed by atoms with Gasteiger partial charge in [0.05, 0.1) is 11.1 Å². The Labute approximate surface area is 196 Å². The molecule has 0 radical (unpaired) electrons. The average molecular weight is 492 g/mol. The van der Waals surface area contributed by atoms with Gasteiger partial charge < -0.3 is 9.84 Å². The molecule has 0 aromatic heterocycles. The van der Waals surface area contributed by atoms with Crippen LogP contribution in [0.2, 0.25) is 0 Å². The van der Waals surface area contributed by atoms with Crippen molar-refractivity contribution in [3.63, 3.8) is 0 Å². The van der Waals surface area contributed by atoms with Crippen LogP contribution in [0.5, 0.6) is 11.5 Å². The first-order valence-corrected chi connectivity index (χ1v) is 10.5. The minimum atomic E-state index is -4.96. The van der Waals surface area contributed by atoms with Crippen LogP contribution < -0.4 is 4.74 Å². The number of phenols is 1. The maximum absolute atomic E-state index is 13.1. The molecule has 35 heavy (non-hydrogen) atoms. The molecule has 0 aliphatic heterocycles. The first-order valence-electron chi connectivity index (χ1n) is 10.5. The number of phenolic OH excluding ortho intramolecular Hbond substituents is 1. The molecule has 1 aliphatic carbocycles. The SMILES string of the molecule is O=C1/C(=C/c2cc(C(F)(F)F)cc(C(F)(F)F)c2)CCc2cc(OCc3ccc(O)cc3)ccc21. The van der Waals surface area contributed by atoms with Crippen LogP contribution in [-0.2, 0) is 25.4 Å². The smallest absolute Gasteiger partial charge is 0.416 e. The average Bonchev–Trinajstić information content (AvgIpc) is 2.79. The number of aromatic hydroxyl groups is 1. The second-order valence-corrected chi connectivity index (χ2v) is 8.11. The lowest BCUT2D eigenvalue weighted by Gasteiger charge is -2.19. The Morgan fingerprint density at radius 2 is 1.46 bits per heavy atom. The van der Waals surface area contributed by atoms with Gasteiger partial charge in [0.15, 0.2) is 5.78 Å². The van der Waals surface area contributed by atoms with Gasteiger partial charge in [0.2, 0.25) is 0 Å². The van der Waals surface area contributed by atoms with Gasteiger partial charge >= 0.3 is 12.4 Å². The normalized spacial score (nSPS) is 15.3. The molecule has 0 spiro atoms. The first-order chi connectivity index (χ1) is 16.4. The molecule has 3 aromatic rings. The summed E-state index contributed by atoms with van der Waals surface area (Å²) in [4.78, 5) is 12.9. The minimum absolute atomic E-state index is 0.0552. The number of allylic oxidation sites excluding steroid dienone is 1. The zero-order valence-corrected chi connectivity index (χ0v) is 18.0. The summed E-state index contributed by atoms with van der Waals surface area (Å²) in [6.07, 6.45) is -8.31. The highest BCUT2D eigenvalue weighted by Gasteiger charge is 2.37. The van der Waals surface area contributed by atoms with E-state index in [0.717, 1.165) is 11.6 Å². The highest BCUT2D eigenvalue weighted by molar-refractivity contribution is 6.13. The van der Waals surface area contributed by atoms with Gasteiger partial charge in [0.25, 0.3) is 0 Å². The van der Waals surface area contributed by atoms with E-state index >= 15 is 0 Å². The molecule has 4 rings (SSSR count). The fourth-order valence-corrected chi connectivity index (χ4v) is 3.80. The Hall–Kier alpha value is -3.75. The van der Waals surface area contributed by atoms with Crippen LogP contribution in [-0.4, -0.2) is 10.9 Å². The number of ketones is 1. The van der Waals surface area contributed by atoms with Crippen molar-refractivity contribution in [2.75, 3.05) is 0 Å². The topological polar surface area (TPSA) is 46.5 Å². The van der Waals surface area contributed by atoms with Gasteiger partial charge in [0.1, 0.15) is 18.1 Å². The summed E-state index contributed by atoms with van der Waals surface area (Å²) in [6, 6.07) is 12.5. The van der Waals surface area contributed by atoms with Gasteiger partial charge in [-0.2, -0.15) is 26.3 Å². The number of hydrogen-bond acceptors (Lipinski definition) is 3. The Bertz CT molecular complexity index is 1260. The van der Waals surface area contributed by atoms with E-state index in [2.05, 4.69) is 0 Å². The van der Waals surface area contributed by atoms with E-state index in [0.29, 0.717) is 35.4 Å². The third kappa shape index (κ3) is 5.67. The number of fused-ring (bicyclic) bond motifs is 1. The summed E-state index contributed by atoms with van der Waals surface area (Å²) in [5, 5.41) is 9.33. The van der Waals surface area contributed by atoms with E-state index in [9.17, 15) is 36.2 Å². The Morgan fingerprint density at radius 1 is 0.829 bits per heavy atom. The summed E-state index contributed by atoms with van der Waals surface area (Å²) in [5.74, 6) is 0.178. The molecule has 1 N–H and O–H groups in total. The van der Waals surface area contributed by atoms with Crippen molar-refractivity contribution in [3.8, 4) is 11.5 Å². The highest BCUT2D eigenvalue weighted by Crippen LogP contribution is 2.37. The van der Waals surface area contributed by atoms with Crippen molar-refractivity contribution >= 4 is 11.9 Å². The number of ether oxygens (including phenoxy) is 1. The zero-order valence-electron chi connectivity index (χ0n) is 18.0. The summed E-state index contributed by atoms with van der Waals surface area (Å²) in [6.45, 7) is 0.231. The lowest BCUT2D eigenvalue weighted by Crippen LogP contribution is -2.15. The molecule has 3 nitrogen and oxygen atoms in total. The van der Waals surface area contributed by atoms with Crippen LogP contribution in [0.1, 0.15) is 44.6 Å². The van der Waals surface area contributed by atoms with Crippen molar-refractivity contribution in [1.29, 1.82) is 0 Å². The van der Waals surface area contributed by atoms with Gasteiger partial charge in [-0.3, -0.25) is 4.79 Å². The van der Waals surface area contributed by atoms with Gasteiger partial charge in [-0.1, -0.05) is 12.1 Å². The number of benzene rings is 3. The van der Waals surface area contributed by atoms with E-state index in [1.165, 1.54) is 18.2 Å². The molecule has 0 heterocycles. The number of hydrogen-bond donors (Lipinski definition) is 1. The lowest BCUT2D eigenvalue weighted by molar-refractivity contribution is -0.143. The quantitative estimate of drug-likeness (QED) is 0.309. The van der Waals surface area contributed by atoms with Crippen LogP contribution in [0.4, 0.5) is 26.3 Å². The fourth-order valence-electron chi connectivity index (χ4n) is 3.80. The maximum atomic E-state index is 13.1. The number of carbonyl (C=O) groups excluding carboxylic acids is 1. The van der Waals surface area contributed by atoms with Crippen LogP contribution >= 0.6 is 0 Å². The molecular formula is C26H18F6O3. The largest absolute Gasteiger partial charge is 0.508 e. The van der Waals surface area contributed by atoms with Gasteiger partial charge in [-0.05, 0) is 84.1 Å². The molecule has 0 amide bonds. The van der Waals surface area contributed by atoms with Crippen LogP contribution in [0, 0.1) is 0 Å². The molecular weight excluding hydrogens is 474 g/mol. The molecule has 3 aromatic carbocycles. The second-order valence-electron chi connectivity index (χ2n) is 8.11. The lowest BCUT2D eigenvalue weighted by atomic mass is 9.85. The van der Waals surface area contributed by atoms with E-state index < -0.39 is 29.3 Å². The van der Waals surface area contributed by atoms with Crippen molar-refractivity contribution in [2.45, 2.75) is 31.8 Å². The van der Waals surface area contributed by atoms with Crippen LogP contribution in [0.15, 0.2) is 66.2 Å². The molecule has 0 saturated heterocycles. The van der Waals surface area contributed by atoms with Crippen molar-refractivity contribution in [3.05, 3.63) is 99.6 Å².